The number of hydrogen-bond acceptors (Lipinski definition) is 7. The van der Waals surface area contributed by atoms with Gasteiger partial charge in [0.15, 0.2) is 11.0 Å². The van der Waals surface area contributed by atoms with E-state index in [4.69, 9.17) is 27.9 Å². The molecule has 0 spiro atoms. The number of aromatic nitrogens is 3. The molecule has 3 aromatic rings. The summed E-state index contributed by atoms with van der Waals surface area (Å²) in [6.07, 6.45) is 0. The molecule has 2 heterocycles. The Hall–Kier alpha value is -2.07. The Morgan fingerprint density at radius 1 is 1.23 bits per heavy atom. The highest BCUT2D eigenvalue weighted by molar-refractivity contribution is 7.99. The summed E-state index contributed by atoms with van der Waals surface area (Å²) >= 11 is 14.9. The second kappa shape index (κ2) is 10.5. The molecule has 0 aliphatic rings. The minimum atomic E-state index is -0.454. The molecule has 1 N–H and O–H groups in total. The lowest BCUT2D eigenvalue weighted by Gasteiger charge is -2.09. The first kappa shape index (κ1) is 23.6. The van der Waals surface area contributed by atoms with E-state index in [1.54, 1.807) is 31.2 Å². The number of esters is 1. The zero-order chi connectivity index (χ0) is 22.5. The van der Waals surface area contributed by atoms with Crippen molar-refractivity contribution < 1.29 is 14.3 Å². The monoisotopic (exact) mass is 498 g/mol. The predicted octanol–water partition coefficient (Wildman–Crippen LogP) is 5.55. The lowest BCUT2D eigenvalue weighted by atomic mass is 10.2. The van der Waals surface area contributed by atoms with Crippen molar-refractivity contribution in [2.75, 3.05) is 17.7 Å². The van der Waals surface area contributed by atoms with E-state index in [1.807, 2.05) is 18.4 Å². The Bertz CT molecular complexity index is 1110. The summed E-state index contributed by atoms with van der Waals surface area (Å²) in [5.41, 5.74) is 1.07. The van der Waals surface area contributed by atoms with Crippen LogP contribution >= 0.6 is 46.3 Å². The zero-order valence-electron chi connectivity index (χ0n) is 17.1. The Morgan fingerprint density at radius 2 is 2.00 bits per heavy atom. The Labute approximate surface area is 198 Å². The van der Waals surface area contributed by atoms with E-state index in [1.165, 1.54) is 23.1 Å². The van der Waals surface area contributed by atoms with E-state index < -0.39 is 5.97 Å². The van der Waals surface area contributed by atoms with Gasteiger partial charge in [-0.05, 0) is 45.0 Å². The molecule has 11 heteroatoms. The number of rotatable bonds is 8. The van der Waals surface area contributed by atoms with Gasteiger partial charge in [-0.25, -0.2) is 4.79 Å². The second-order valence-electron chi connectivity index (χ2n) is 6.33. The lowest BCUT2D eigenvalue weighted by Crippen LogP contribution is -2.16. The number of anilines is 1. The molecular weight excluding hydrogens is 479 g/mol. The van der Waals surface area contributed by atoms with E-state index in [0.29, 0.717) is 43.7 Å². The molecule has 0 unspecified atom stereocenters. The SMILES string of the molecule is CCOC(=O)c1cc(C)sc1NC(=O)CSc1nnc(-c2ccc(Cl)cc2Cl)n1CC. The minimum Gasteiger partial charge on any atom is -0.462 e. The number of nitrogens with one attached hydrogen (secondary N) is 1. The van der Waals surface area contributed by atoms with E-state index in [0.717, 1.165) is 4.88 Å². The van der Waals surface area contributed by atoms with Crippen LogP contribution in [0.4, 0.5) is 5.00 Å². The number of aryl methyl sites for hydroxylation is 1. The summed E-state index contributed by atoms with van der Waals surface area (Å²) in [4.78, 5) is 25.5. The van der Waals surface area contributed by atoms with Crippen LogP contribution in [0.15, 0.2) is 29.4 Å². The van der Waals surface area contributed by atoms with Crippen LogP contribution < -0.4 is 5.32 Å². The largest absolute Gasteiger partial charge is 0.462 e. The van der Waals surface area contributed by atoms with Gasteiger partial charge >= 0.3 is 5.97 Å². The van der Waals surface area contributed by atoms with Gasteiger partial charge in [-0.15, -0.1) is 21.5 Å². The molecule has 0 saturated carbocycles. The van der Waals surface area contributed by atoms with Crippen molar-refractivity contribution in [1.82, 2.24) is 14.8 Å². The van der Waals surface area contributed by atoms with Crippen molar-refractivity contribution in [3.8, 4) is 11.4 Å². The molecule has 1 aromatic carbocycles. The predicted molar refractivity (Wildman–Crippen MR) is 126 cm³/mol. The minimum absolute atomic E-state index is 0.103. The molecule has 31 heavy (non-hydrogen) atoms. The molecule has 0 aliphatic heterocycles. The van der Waals surface area contributed by atoms with Crippen LogP contribution in [0.3, 0.4) is 0 Å². The molecule has 3 rings (SSSR count). The van der Waals surface area contributed by atoms with Gasteiger partial charge in [-0.1, -0.05) is 35.0 Å². The van der Waals surface area contributed by atoms with E-state index in [2.05, 4.69) is 15.5 Å². The van der Waals surface area contributed by atoms with Gasteiger partial charge in [0, 0.05) is 22.0 Å². The molecule has 0 atom stereocenters. The summed E-state index contributed by atoms with van der Waals surface area (Å²) in [5, 5.41) is 13.3. The molecule has 164 valence electrons. The Morgan fingerprint density at radius 3 is 2.68 bits per heavy atom. The standard InChI is InChI=1S/C20H20Cl2N4O3S2/c1-4-26-17(13-7-6-12(21)9-15(13)22)24-25-20(26)30-10-16(27)23-18-14(8-11(3)31-18)19(28)29-5-2/h6-9H,4-5,10H2,1-3H3,(H,23,27). The highest BCUT2D eigenvalue weighted by Gasteiger charge is 2.20. The van der Waals surface area contributed by atoms with Gasteiger partial charge in [0.05, 0.1) is 22.9 Å². The molecule has 0 saturated heterocycles. The van der Waals surface area contributed by atoms with Crippen LogP contribution in [0.1, 0.15) is 29.1 Å². The molecule has 0 bridgehead atoms. The molecule has 7 nitrogen and oxygen atoms in total. The number of thioether (sulfide) groups is 1. The molecular formula is C20H20Cl2N4O3S2. The molecule has 0 fully saturated rings. The van der Waals surface area contributed by atoms with Gasteiger partial charge in [0.1, 0.15) is 5.00 Å². The number of benzene rings is 1. The van der Waals surface area contributed by atoms with Crippen molar-refractivity contribution in [3.63, 3.8) is 0 Å². The van der Waals surface area contributed by atoms with Gasteiger partial charge in [-0.2, -0.15) is 0 Å². The highest BCUT2D eigenvalue weighted by Crippen LogP contribution is 2.32. The smallest absolute Gasteiger partial charge is 0.341 e. The van der Waals surface area contributed by atoms with Gasteiger partial charge in [0.25, 0.3) is 0 Å². The van der Waals surface area contributed by atoms with Gasteiger partial charge < -0.3 is 14.6 Å². The summed E-state index contributed by atoms with van der Waals surface area (Å²) in [6.45, 7) is 6.43. The third-order valence-electron chi connectivity index (χ3n) is 4.14. The molecule has 2 aromatic heterocycles. The Kier molecular flexibility index (Phi) is 7.99. The number of hydrogen-bond donors (Lipinski definition) is 1. The maximum Gasteiger partial charge on any atom is 0.341 e. The summed E-state index contributed by atoms with van der Waals surface area (Å²) < 4.78 is 6.94. The van der Waals surface area contributed by atoms with E-state index in [-0.39, 0.29) is 18.3 Å². The molecule has 1 amide bonds. The van der Waals surface area contributed by atoms with Crippen LogP contribution in [-0.4, -0.2) is 39.0 Å². The van der Waals surface area contributed by atoms with Gasteiger partial charge in [-0.3, -0.25) is 4.79 Å². The number of amides is 1. The topological polar surface area (TPSA) is 86.1 Å². The fourth-order valence-electron chi connectivity index (χ4n) is 2.81. The van der Waals surface area contributed by atoms with Crippen LogP contribution in [0, 0.1) is 6.92 Å². The van der Waals surface area contributed by atoms with E-state index in [9.17, 15) is 9.59 Å². The third-order valence-corrected chi connectivity index (χ3v) is 6.62. The quantitative estimate of drug-likeness (QED) is 0.323. The van der Waals surface area contributed by atoms with Crippen LogP contribution in [0.5, 0.6) is 0 Å². The summed E-state index contributed by atoms with van der Waals surface area (Å²) in [5.74, 6) is -0.00389. The average Bonchev–Trinajstić information content (AvgIpc) is 3.29. The fraction of sp³-hybridized carbons (Fsp3) is 0.300. The normalized spacial score (nSPS) is 10.9. The van der Waals surface area contributed by atoms with Crippen molar-refractivity contribution in [1.29, 1.82) is 0 Å². The number of carbonyl (C=O) groups excluding carboxylic acids is 2. The van der Waals surface area contributed by atoms with E-state index >= 15 is 0 Å². The maximum absolute atomic E-state index is 12.5. The molecule has 0 aliphatic carbocycles. The number of ether oxygens (including phenoxy) is 1. The first-order valence-electron chi connectivity index (χ1n) is 9.42. The first-order chi connectivity index (χ1) is 14.8. The first-order valence-corrected chi connectivity index (χ1v) is 12.0. The summed E-state index contributed by atoms with van der Waals surface area (Å²) in [7, 11) is 0. The average molecular weight is 499 g/mol. The van der Waals surface area contributed by atoms with Crippen LogP contribution in [0.2, 0.25) is 10.0 Å². The number of halogens is 2. The number of carbonyl (C=O) groups is 2. The molecule has 0 radical (unpaired) electrons. The third kappa shape index (κ3) is 5.60. The maximum atomic E-state index is 12.5. The van der Waals surface area contributed by atoms with Crippen LogP contribution in [-0.2, 0) is 16.1 Å². The second-order valence-corrected chi connectivity index (χ2v) is 9.37. The van der Waals surface area contributed by atoms with Crippen molar-refractivity contribution in [2.24, 2.45) is 0 Å². The highest BCUT2D eigenvalue weighted by atomic mass is 35.5. The fourth-order valence-corrected chi connectivity index (χ4v) is 5.02. The van der Waals surface area contributed by atoms with Crippen molar-refractivity contribution in [3.05, 3.63) is 44.8 Å². The lowest BCUT2D eigenvalue weighted by molar-refractivity contribution is -0.113. The Balaban J connectivity index is 1.72. The number of nitrogens with zero attached hydrogens (tertiary/aromatic N) is 3. The van der Waals surface area contributed by atoms with Crippen LogP contribution in [0.25, 0.3) is 11.4 Å². The zero-order valence-corrected chi connectivity index (χ0v) is 20.2. The van der Waals surface area contributed by atoms with Gasteiger partial charge in [0.2, 0.25) is 5.91 Å². The van der Waals surface area contributed by atoms with Crippen molar-refractivity contribution in [2.45, 2.75) is 32.5 Å². The van der Waals surface area contributed by atoms with Crippen molar-refractivity contribution >= 4 is 63.2 Å². The number of thiophene rings is 1. The summed E-state index contributed by atoms with van der Waals surface area (Å²) in [6, 6.07) is 6.89.